The molecule has 0 aliphatic carbocycles. The van der Waals surface area contributed by atoms with Crippen molar-refractivity contribution in [1.82, 2.24) is 0 Å². The summed E-state index contributed by atoms with van der Waals surface area (Å²) < 4.78 is 18.7. The first-order chi connectivity index (χ1) is 11.6. The SMILES string of the molecule is CCN(CC)c1ccc(NC(=O)CCOc2ccccc2F)cc1. The number of carbonyl (C=O) groups is 1. The molecule has 2 rings (SSSR count). The Bertz CT molecular complexity index is 655. The van der Waals surface area contributed by atoms with Gasteiger partial charge in [0.15, 0.2) is 11.6 Å². The van der Waals surface area contributed by atoms with Crippen molar-refractivity contribution in [2.75, 3.05) is 29.9 Å². The highest BCUT2D eigenvalue weighted by Crippen LogP contribution is 2.18. The molecule has 2 aromatic carbocycles. The van der Waals surface area contributed by atoms with Crippen LogP contribution in [0.3, 0.4) is 0 Å². The molecule has 0 radical (unpaired) electrons. The highest BCUT2D eigenvalue weighted by atomic mass is 19.1. The summed E-state index contributed by atoms with van der Waals surface area (Å²) in [6.45, 7) is 6.22. The highest BCUT2D eigenvalue weighted by molar-refractivity contribution is 5.90. The monoisotopic (exact) mass is 330 g/mol. The molecule has 2 aromatic rings. The quantitative estimate of drug-likeness (QED) is 0.793. The Kier molecular flexibility index (Phi) is 6.61. The second kappa shape index (κ2) is 8.91. The number of nitrogens with zero attached hydrogens (tertiary/aromatic N) is 1. The third kappa shape index (κ3) is 4.98. The van der Waals surface area contributed by atoms with Crippen LogP contribution >= 0.6 is 0 Å². The lowest BCUT2D eigenvalue weighted by molar-refractivity contribution is -0.116. The van der Waals surface area contributed by atoms with Crippen LogP contribution in [0.1, 0.15) is 20.3 Å². The van der Waals surface area contributed by atoms with Gasteiger partial charge in [-0.05, 0) is 50.2 Å². The molecule has 0 atom stereocenters. The highest BCUT2D eigenvalue weighted by Gasteiger charge is 2.06. The number of hydrogen-bond acceptors (Lipinski definition) is 3. The summed E-state index contributed by atoms with van der Waals surface area (Å²) in [5.74, 6) is -0.430. The van der Waals surface area contributed by atoms with Gasteiger partial charge in [0.2, 0.25) is 5.91 Å². The van der Waals surface area contributed by atoms with Gasteiger partial charge in [-0.3, -0.25) is 4.79 Å². The zero-order valence-electron chi connectivity index (χ0n) is 14.1. The number of amides is 1. The van der Waals surface area contributed by atoms with E-state index in [0.29, 0.717) is 0 Å². The summed E-state index contributed by atoms with van der Waals surface area (Å²) >= 11 is 0. The number of ether oxygens (including phenoxy) is 1. The van der Waals surface area contributed by atoms with E-state index in [9.17, 15) is 9.18 Å². The molecule has 0 aliphatic heterocycles. The normalized spacial score (nSPS) is 10.3. The maximum atomic E-state index is 13.4. The van der Waals surface area contributed by atoms with Gasteiger partial charge in [-0.25, -0.2) is 4.39 Å². The molecule has 0 fully saturated rings. The van der Waals surface area contributed by atoms with Crippen molar-refractivity contribution in [2.45, 2.75) is 20.3 Å². The van der Waals surface area contributed by atoms with E-state index < -0.39 is 5.82 Å². The molecular weight excluding hydrogens is 307 g/mol. The fraction of sp³-hybridized carbons (Fsp3) is 0.316. The molecule has 5 heteroatoms. The van der Waals surface area contributed by atoms with Gasteiger partial charge in [-0.2, -0.15) is 0 Å². The summed E-state index contributed by atoms with van der Waals surface area (Å²) in [4.78, 5) is 14.2. The molecule has 1 N–H and O–H groups in total. The van der Waals surface area contributed by atoms with E-state index >= 15 is 0 Å². The number of benzene rings is 2. The maximum absolute atomic E-state index is 13.4. The molecule has 0 unspecified atom stereocenters. The number of para-hydroxylation sites is 1. The van der Waals surface area contributed by atoms with Crippen LogP contribution in [0, 0.1) is 5.82 Å². The first kappa shape index (κ1) is 17.8. The van der Waals surface area contributed by atoms with Gasteiger partial charge in [0.05, 0.1) is 13.0 Å². The first-order valence-electron chi connectivity index (χ1n) is 8.16. The lowest BCUT2D eigenvalue weighted by Crippen LogP contribution is -2.21. The molecule has 0 aromatic heterocycles. The number of carbonyl (C=O) groups excluding carboxylic acids is 1. The largest absolute Gasteiger partial charge is 0.490 e. The number of halogens is 1. The minimum atomic E-state index is -0.426. The molecule has 0 saturated carbocycles. The van der Waals surface area contributed by atoms with Crippen molar-refractivity contribution < 1.29 is 13.9 Å². The summed E-state index contributed by atoms with van der Waals surface area (Å²) in [5.41, 5.74) is 1.86. The van der Waals surface area contributed by atoms with Crippen molar-refractivity contribution in [3.8, 4) is 5.75 Å². The Hall–Kier alpha value is -2.56. The van der Waals surface area contributed by atoms with Gasteiger partial charge >= 0.3 is 0 Å². The number of rotatable bonds is 8. The van der Waals surface area contributed by atoms with E-state index in [2.05, 4.69) is 24.1 Å². The molecule has 0 saturated heterocycles. The average molecular weight is 330 g/mol. The van der Waals surface area contributed by atoms with E-state index in [0.717, 1.165) is 24.5 Å². The second-order valence-electron chi connectivity index (χ2n) is 5.30. The average Bonchev–Trinajstić information content (AvgIpc) is 2.59. The van der Waals surface area contributed by atoms with Crippen molar-refractivity contribution in [3.63, 3.8) is 0 Å². The number of hydrogen-bond donors (Lipinski definition) is 1. The first-order valence-corrected chi connectivity index (χ1v) is 8.16. The summed E-state index contributed by atoms with van der Waals surface area (Å²) in [7, 11) is 0. The fourth-order valence-corrected chi connectivity index (χ4v) is 2.38. The van der Waals surface area contributed by atoms with Gasteiger partial charge in [0, 0.05) is 24.5 Å². The molecule has 0 bridgehead atoms. The standard InChI is InChI=1S/C19H23FN2O2/c1-3-22(4-2)16-11-9-15(10-12-16)21-19(23)13-14-24-18-8-6-5-7-17(18)20/h5-12H,3-4,13-14H2,1-2H3,(H,21,23). The predicted octanol–water partition coefficient (Wildman–Crippen LogP) is 4.08. The zero-order chi connectivity index (χ0) is 17.4. The Morgan fingerprint density at radius 3 is 2.38 bits per heavy atom. The van der Waals surface area contributed by atoms with Gasteiger partial charge in [0.25, 0.3) is 0 Å². The van der Waals surface area contributed by atoms with Gasteiger partial charge in [0.1, 0.15) is 0 Å². The van der Waals surface area contributed by atoms with Crippen LogP contribution in [0.5, 0.6) is 5.75 Å². The lowest BCUT2D eigenvalue weighted by Gasteiger charge is -2.21. The topological polar surface area (TPSA) is 41.6 Å². The van der Waals surface area contributed by atoms with E-state index in [1.807, 2.05) is 24.3 Å². The summed E-state index contributed by atoms with van der Waals surface area (Å²) in [6.07, 6.45) is 0.159. The third-order valence-electron chi connectivity index (χ3n) is 3.70. The maximum Gasteiger partial charge on any atom is 0.227 e. The summed E-state index contributed by atoms with van der Waals surface area (Å²) in [6, 6.07) is 13.9. The van der Waals surface area contributed by atoms with Crippen LogP contribution in [0.25, 0.3) is 0 Å². The van der Waals surface area contributed by atoms with E-state index in [4.69, 9.17) is 4.74 Å². The summed E-state index contributed by atoms with van der Waals surface area (Å²) in [5, 5.41) is 2.81. The van der Waals surface area contributed by atoms with Crippen LogP contribution in [0.2, 0.25) is 0 Å². The van der Waals surface area contributed by atoms with Gasteiger partial charge in [-0.1, -0.05) is 12.1 Å². The molecule has 128 valence electrons. The molecule has 24 heavy (non-hydrogen) atoms. The van der Waals surface area contributed by atoms with E-state index in [1.165, 1.54) is 6.07 Å². The van der Waals surface area contributed by atoms with E-state index in [-0.39, 0.29) is 24.7 Å². The third-order valence-corrected chi connectivity index (χ3v) is 3.70. The van der Waals surface area contributed by atoms with Crippen LogP contribution in [0.15, 0.2) is 48.5 Å². The zero-order valence-corrected chi connectivity index (χ0v) is 14.1. The van der Waals surface area contributed by atoms with Crippen molar-refractivity contribution in [2.24, 2.45) is 0 Å². The smallest absolute Gasteiger partial charge is 0.227 e. The van der Waals surface area contributed by atoms with Crippen molar-refractivity contribution >= 4 is 17.3 Å². The minimum absolute atomic E-state index is 0.129. The van der Waals surface area contributed by atoms with E-state index in [1.54, 1.807) is 18.2 Å². The van der Waals surface area contributed by atoms with Gasteiger partial charge < -0.3 is 15.0 Å². The Morgan fingerprint density at radius 2 is 1.75 bits per heavy atom. The number of nitrogens with one attached hydrogen (secondary N) is 1. The second-order valence-corrected chi connectivity index (χ2v) is 5.30. The van der Waals surface area contributed by atoms with Crippen LogP contribution in [-0.4, -0.2) is 25.6 Å². The molecule has 4 nitrogen and oxygen atoms in total. The molecule has 0 spiro atoms. The fourth-order valence-electron chi connectivity index (χ4n) is 2.38. The number of anilines is 2. The van der Waals surface area contributed by atoms with Crippen LogP contribution < -0.4 is 15.0 Å². The minimum Gasteiger partial charge on any atom is -0.490 e. The Labute approximate surface area is 142 Å². The van der Waals surface area contributed by atoms with Crippen molar-refractivity contribution in [3.05, 3.63) is 54.3 Å². The van der Waals surface area contributed by atoms with Crippen molar-refractivity contribution in [1.29, 1.82) is 0 Å². The molecular formula is C19H23FN2O2. The predicted molar refractivity (Wildman–Crippen MR) is 95.1 cm³/mol. The van der Waals surface area contributed by atoms with Crippen LogP contribution in [-0.2, 0) is 4.79 Å². The molecule has 0 aliphatic rings. The molecule has 0 heterocycles. The molecule has 1 amide bonds. The Morgan fingerprint density at radius 1 is 1.08 bits per heavy atom. The lowest BCUT2D eigenvalue weighted by atomic mass is 10.2. The van der Waals surface area contributed by atoms with Crippen LogP contribution in [0.4, 0.5) is 15.8 Å². The Balaban J connectivity index is 1.81. The van der Waals surface area contributed by atoms with Gasteiger partial charge in [-0.15, -0.1) is 0 Å².